The van der Waals surface area contributed by atoms with Crippen LogP contribution < -0.4 is 5.46 Å². The Morgan fingerprint density at radius 1 is 1.08 bits per heavy atom. The standard InChI is InChI=1S/C16H18BO7/c18-8-12(19)14-13(20)15-16(22-14)24-17(21,23-15)11-6-5-9-3-1-2-4-10(9)7-11/h1-7,12-16,18-21H,8H2/q-1/t12?,13-,14+,15+,16+,17?/m0/s1. The maximum atomic E-state index is 10.7. The van der Waals surface area contributed by atoms with Gasteiger partial charge in [-0.2, -0.15) is 0 Å². The molecule has 8 heteroatoms. The fraction of sp³-hybridized carbons (Fsp3) is 0.375. The minimum absolute atomic E-state index is 0.443. The second-order valence-electron chi connectivity index (χ2n) is 6.22. The highest BCUT2D eigenvalue weighted by molar-refractivity contribution is 6.74. The lowest BCUT2D eigenvalue weighted by Crippen LogP contribution is -2.53. The van der Waals surface area contributed by atoms with Gasteiger partial charge in [-0.3, -0.25) is 0 Å². The Balaban J connectivity index is 1.60. The number of hydrogen-bond acceptors (Lipinski definition) is 7. The van der Waals surface area contributed by atoms with Gasteiger partial charge in [0.05, 0.1) is 12.7 Å². The van der Waals surface area contributed by atoms with E-state index in [2.05, 4.69) is 0 Å². The lowest BCUT2D eigenvalue weighted by Gasteiger charge is -2.33. The van der Waals surface area contributed by atoms with Crippen molar-refractivity contribution in [2.75, 3.05) is 6.61 Å². The SMILES string of the molecule is OCC(O)[C@H]1O[C@@H]2O[B-](O)(c3ccc4ccccc4c3)O[C@@H]2[C@H]1O. The van der Waals surface area contributed by atoms with E-state index >= 15 is 0 Å². The molecule has 0 aromatic heterocycles. The third-order valence-electron chi connectivity index (χ3n) is 4.65. The van der Waals surface area contributed by atoms with Crippen molar-refractivity contribution < 1.29 is 34.4 Å². The van der Waals surface area contributed by atoms with Crippen LogP contribution in [0.4, 0.5) is 0 Å². The van der Waals surface area contributed by atoms with Crippen LogP contribution in [0.2, 0.25) is 0 Å². The molecule has 6 atom stereocenters. The third kappa shape index (κ3) is 2.44. The molecule has 2 heterocycles. The molecule has 24 heavy (non-hydrogen) atoms. The van der Waals surface area contributed by atoms with Gasteiger partial charge in [0.1, 0.15) is 24.6 Å². The summed E-state index contributed by atoms with van der Waals surface area (Å²) in [4.78, 5) is 0. The Kier molecular flexibility index (Phi) is 3.85. The van der Waals surface area contributed by atoms with E-state index in [1.807, 2.05) is 30.3 Å². The van der Waals surface area contributed by atoms with Crippen molar-refractivity contribution >= 4 is 23.0 Å². The predicted molar refractivity (Wildman–Crippen MR) is 85.3 cm³/mol. The van der Waals surface area contributed by atoms with Crippen molar-refractivity contribution in [3.63, 3.8) is 0 Å². The summed E-state index contributed by atoms with van der Waals surface area (Å²) in [5.41, 5.74) is 0.443. The first kappa shape index (κ1) is 16.0. The first-order valence-corrected chi connectivity index (χ1v) is 7.85. The molecule has 0 spiro atoms. The van der Waals surface area contributed by atoms with Gasteiger partial charge in [0.2, 0.25) is 0 Å². The summed E-state index contributed by atoms with van der Waals surface area (Å²) in [5, 5.41) is 41.5. The van der Waals surface area contributed by atoms with Crippen LogP contribution >= 0.6 is 0 Å². The fourth-order valence-corrected chi connectivity index (χ4v) is 3.36. The number of hydrogen-bond donors (Lipinski definition) is 4. The number of rotatable bonds is 3. The van der Waals surface area contributed by atoms with E-state index in [1.165, 1.54) is 0 Å². The highest BCUT2D eigenvalue weighted by Crippen LogP contribution is 2.35. The minimum atomic E-state index is -2.80. The summed E-state index contributed by atoms with van der Waals surface area (Å²) in [6, 6.07) is 13.0. The average molecular weight is 333 g/mol. The summed E-state index contributed by atoms with van der Waals surface area (Å²) >= 11 is 0. The zero-order valence-electron chi connectivity index (χ0n) is 12.7. The molecular formula is C16H18BO7-. The number of aliphatic hydroxyl groups is 3. The van der Waals surface area contributed by atoms with E-state index in [4.69, 9.17) is 19.2 Å². The Morgan fingerprint density at radius 3 is 2.54 bits per heavy atom. The zero-order valence-corrected chi connectivity index (χ0v) is 12.7. The van der Waals surface area contributed by atoms with E-state index in [0.717, 1.165) is 10.8 Å². The highest BCUT2D eigenvalue weighted by Gasteiger charge is 2.55. The van der Waals surface area contributed by atoms with E-state index < -0.39 is 44.1 Å². The van der Waals surface area contributed by atoms with Crippen LogP contribution in [-0.4, -0.2) is 64.4 Å². The molecule has 0 radical (unpaired) electrons. The molecule has 0 amide bonds. The molecule has 2 aliphatic heterocycles. The van der Waals surface area contributed by atoms with Gasteiger partial charge in [-0.15, -0.1) is 5.46 Å². The van der Waals surface area contributed by atoms with Gasteiger partial charge in [-0.1, -0.05) is 42.5 Å². The smallest absolute Gasteiger partial charge is 0.409 e. The normalized spacial score (nSPS) is 36.8. The number of ether oxygens (including phenoxy) is 1. The summed E-state index contributed by atoms with van der Waals surface area (Å²) < 4.78 is 16.5. The van der Waals surface area contributed by atoms with Crippen molar-refractivity contribution in [3.05, 3.63) is 42.5 Å². The molecule has 2 aromatic rings. The van der Waals surface area contributed by atoms with Crippen molar-refractivity contribution in [2.24, 2.45) is 0 Å². The van der Waals surface area contributed by atoms with E-state index in [1.54, 1.807) is 12.1 Å². The quantitative estimate of drug-likeness (QED) is 0.524. The molecule has 2 fully saturated rings. The number of aliphatic hydroxyl groups excluding tert-OH is 3. The number of benzene rings is 2. The van der Waals surface area contributed by atoms with Crippen LogP contribution in [0.15, 0.2) is 42.5 Å². The second kappa shape index (κ2) is 5.78. The Labute approximate surface area is 138 Å². The van der Waals surface area contributed by atoms with Crippen LogP contribution in [0.1, 0.15) is 0 Å². The van der Waals surface area contributed by atoms with Crippen LogP contribution in [-0.2, 0) is 14.0 Å². The van der Waals surface area contributed by atoms with Crippen LogP contribution in [0.3, 0.4) is 0 Å². The first-order chi connectivity index (χ1) is 11.5. The molecule has 2 unspecified atom stereocenters. The summed E-state index contributed by atoms with van der Waals surface area (Å²) in [7, 11) is 0. The molecule has 2 saturated heterocycles. The molecule has 7 nitrogen and oxygen atoms in total. The molecule has 4 N–H and O–H groups in total. The Bertz CT molecular complexity index is 756. The van der Waals surface area contributed by atoms with Gasteiger partial charge in [0.15, 0.2) is 0 Å². The monoisotopic (exact) mass is 333 g/mol. The van der Waals surface area contributed by atoms with Crippen molar-refractivity contribution in [1.29, 1.82) is 0 Å². The van der Waals surface area contributed by atoms with Crippen LogP contribution in [0.5, 0.6) is 0 Å². The largest absolute Gasteiger partial charge is 0.555 e. The number of fused-ring (bicyclic) bond motifs is 2. The summed E-state index contributed by atoms with van der Waals surface area (Å²) in [6.07, 6.45) is -5.44. The Hall–Kier alpha value is -1.52. The molecule has 0 bridgehead atoms. The van der Waals surface area contributed by atoms with Gasteiger partial charge in [-0.25, -0.2) is 0 Å². The fourth-order valence-electron chi connectivity index (χ4n) is 3.36. The molecule has 2 aromatic carbocycles. The molecular weight excluding hydrogens is 315 g/mol. The van der Waals surface area contributed by atoms with Crippen molar-refractivity contribution in [2.45, 2.75) is 30.7 Å². The van der Waals surface area contributed by atoms with Gasteiger partial charge in [0.25, 0.3) is 0 Å². The topological polar surface area (TPSA) is 109 Å². The van der Waals surface area contributed by atoms with Gasteiger partial charge >= 0.3 is 6.75 Å². The van der Waals surface area contributed by atoms with E-state index in [0.29, 0.717) is 5.46 Å². The predicted octanol–water partition coefficient (Wildman–Crippen LogP) is -1.17. The maximum absolute atomic E-state index is 10.7. The van der Waals surface area contributed by atoms with Gasteiger partial charge < -0.3 is 34.4 Å². The zero-order chi connectivity index (χ0) is 16.9. The van der Waals surface area contributed by atoms with Crippen molar-refractivity contribution in [1.82, 2.24) is 0 Å². The minimum Gasteiger partial charge on any atom is -0.555 e. The lowest BCUT2D eigenvalue weighted by atomic mass is 9.69. The maximum Gasteiger partial charge on any atom is 0.409 e. The van der Waals surface area contributed by atoms with Crippen LogP contribution in [0, 0.1) is 0 Å². The molecule has 4 rings (SSSR count). The molecule has 128 valence electrons. The van der Waals surface area contributed by atoms with Crippen molar-refractivity contribution in [3.8, 4) is 0 Å². The molecule has 2 aliphatic rings. The molecule has 0 aliphatic carbocycles. The van der Waals surface area contributed by atoms with Crippen LogP contribution in [0.25, 0.3) is 10.8 Å². The van der Waals surface area contributed by atoms with Gasteiger partial charge in [0, 0.05) is 0 Å². The highest BCUT2D eigenvalue weighted by atomic mass is 16.8. The summed E-state index contributed by atoms with van der Waals surface area (Å²) in [6.45, 7) is -3.35. The summed E-state index contributed by atoms with van der Waals surface area (Å²) in [5.74, 6) is 0. The molecule has 0 saturated carbocycles. The average Bonchev–Trinajstić information content (AvgIpc) is 3.09. The Morgan fingerprint density at radius 2 is 1.83 bits per heavy atom. The second-order valence-corrected chi connectivity index (χ2v) is 6.22. The first-order valence-electron chi connectivity index (χ1n) is 7.85. The third-order valence-corrected chi connectivity index (χ3v) is 4.65. The van der Waals surface area contributed by atoms with E-state index in [-0.39, 0.29) is 0 Å². The van der Waals surface area contributed by atoms with E-state index in [9.17, 15) is 15.2 Å². The lowest BCUT2D eigenvalue weighted by molar-refractivity contribution is -0.130. The van der Waals surface area contributed by atoms with Gasteiger partial charge in [-0.05, 0) is 10.8 Å².